The number of hydrogen-bond donors (Lipinski definition) is 2. The lowest BCUT2D eigenvalue weighted by Crippen LogP contribution is -2.22. The van der Waals surface area contributed by atoms with Gasteiger partial charge in [0.2, 0.25) is 0 Å². The fraction of sp³-hybridized carbons (Fsp3) is 0.333. The Morgan fingerprint density at radius 2 is 2.15 bits per heavy atom. The number of oxime groups is 1. The van der Waals surface area contributed by atoms with Gasteiger partial charge in [0.1, 0.15) is 17.1 Å². The molecule has 1 fully saturated rings. The van der Waals surface area contributed by atoms with E-state index in [4.69, 9.17) is 15.7 Å². The average molecular weight is 271 g/mol. The number of benzene rings is 1. The van der Waals surface area contributed by atoms with Gasteiger partial charge in [0.25, 0.3) is 0 Å². The van der Waals surface area contributed by atoms with Crippen molar-refractivity contribution < 1.29 is 9.94 Å². The fourth-order valence-electron chi connectivity index (χ4n) is 2.39. The maximum atomic E-state index is 8.66. The van der Waals surface area contributed by atoms with E-state index in [0.717, 1.165) is 29.5 Å². The van der Waals surface area contributed by atoms with Crippen molar-refractivity contribution in [2.75, 3.05) is 6.61 Å². The van der Waals surface area contributed by atoms with Gasteiger partial charge in [-0.15, -0.1) is 0 Å². The zero-order valence-corrected chi connectivity index (χ0v) is 11.1. The van der Waals surface area contributed by atoms with E-state index in [1.807, 2.05) is 30.3 Å². The third kappa shape index (κ3) is 2.52. The van der Waals surface area contributed by atoms with Gasteiger partial charge in [-0.1, -0.05) is 23.4 Å². The standard InChI is InChI=1S/C15H17N3O2/c16-13(18-19)9-15(6-7-15)10-20-12-5-1-3-11-4-2-8-17-14(11)12/h1-5,8,19H,6-7,9-10H2,(H2,16,18). The minimum Gasteiger partial charge on any atom is -0.491 e. The number of hydrogen-bond acceptors (Lipinski definition) is 4. The molecule has 0 spiro atoms. The fourth-order valence-corrected chi connectivity index (χ4v) is 2.39. The topological polar surface area (TPSA) is 80.7 Å². The van der Waals surface area contributed by atoms with Crippen molar-refractivity contribution in [3.63, 3.8) is 0 Å². The van der Waals surface area contributed by atoms with Crippen LogP contribution in [0, 0.1) is 5.41 Å². The molecular formula is C15H17N3O2. The van der Waals surface area contributed by atoms with Crippen molar-refractivity contribution in [2.24, 2.45) is 16.3 Å². The maximum Gasteiger partial charge on any atom is 0.145 e. The van der Waals surface area contributed by atoms with E-state index in [1.165, 1.54) is 0 Å². The largest absolute Gasteiger partial charge is 0.491 e. The van der Waals surface area contributed by atoms with Gasteiger partial charge in [-0.2, -0.15) is 0 Å². The van der Waals surface area contributed by atoms with Gasteiger partial charge in [-0.05, 0) is 25.0 Å². The zero-order valence-electron chi connectivity index (χ0n) is 11.1. The molecule has 104 valence electrons. The number of rotatable bonds is 5. The Bertz CT molecular complexity index is 645. The van der Waals surface area contributed by atoms with Crippen molar-refractivity contribution in [3.05, 3.63) is 36.5 Å². The van der Waals surface area contributed by atoms with Crippen LogP contribution in [0.5, 0.6) is 5.75 Å². The van der Waals surface area contributed by atoms with E-state index < -0.39 is 0 Å². The van der Waals surface area contributed by atoms with Gasteiger partial charge in [0, 0.05) is 23.4 Å². The number of pyridine rings is 1. The second kappa shape index (κ2) is 5.00. The normalized spacial score (nSPS) is 17.1. The number of amidine groups is 1. The van der Waals surface area contributed by atoms with E-state index in [1.54, 1.807) is 6.20 Å². The Morgan fingerprint density at radius 3 is 2.90 bits per heavy atom. The molecule has 0 radical (unpaired) electrons. The molecule has 0 amide bonds. The summed E-state index contributed by atoms with van der Waals surface area (Å²) in [5.41, 5.74) is 6.48. The first-order valence-electron chi connectivity index (χ1n) is 6.65. The van der Waals surface area contributed by atoms with E-state index >= 15 is 0 Å². The number of nitrogens with zero attached hydrogens (tertiary/aromatic N) is 2. The molecule has 20 heavy (non-hydrogen) atoms. The lowest BCUT2D eigenvalue weighted by molar-refractivity contribution is 0.238. The summed E-state index contributed by atoms with van der Waals surface area (Å²) in [4.78, 5) is 4.37. The first-order chi connectivity index (χ1) is 9.72. The molecule has 5 nitrogen and oxygen atoms in total. The summed E-state index contributed by atoms with van der Waals surface area (Å²) in [5.74, 6) is 1.05. The molecule has 0 aliphatic heterocycles. The highest BCUT2D eigenvalue weighted by molar-refractivity contribution is 5.84. The van der Waals surface area contributed by atoms with Crippen LogP contribution in [-0.2, 0) is 0 Å². The summed E-state index contributed by atoms with van der Waals surface area (Å²) in [5, 5.41) is 12.8. The molecule has 1 aliphatic carbocycles. The molecular weight excluding hydrogens is 254 g/mol. The van der Waals surface area contributed by atoms with Crippen molar-refractivity contribution in [1.29, 1.82) is 0 Å². The van der Waals surface area contributed by atoms with Crippen molar-refractivity contribution in [1.82, 2.24) is 4.98 Å². The van der Waals surface area contributed by atoms with Crippen LogP contribution in [0.1, 0.15) is 19.3 Å². The van der Waals surface area contributed by atoms with Crippen LogP contribution in [0.15, 0.2) is 41.7 Å². The van der Waals surface area contributed by atoms with Gasteiger partial charge in [0.15, 0.2) is 0 Å². The van der Waals surface area contributed by atoms with Crippen molar-refractivity contribution in [2.45, 2.75) is 19.3 Å². The van der Waals surface area contributed by atoms with E-state index in [-0.39, 0.29) is 11.3 Å². The third-order valence-electron chi connectivity index (χ3n) is 3.77. The minimum atomic E-state index is 0.0211. The van der Waals surface area contributed by atoms with Crippen LogP contribution >= 0.6 is 0 Å². The highest BCUT2D eigenvalue weighted by atomic mass is 16.5. The highest BCUT2D eigenvalue weighted by Crippen LogP contribution is 2.49. The number of fused-ring (bicyclic) bond motifs is 1. The molecule has 1 saturated carbocycles. The summed E-state index contributed by atoms with van der Waals surface area (Å²) >= 11 is 0. The second-order valence-electron chi connectivity index (χ2n) is 5.39. The first kappa shape index (κ1) is 12.7. The van der Waals surface area contributed by atoms with Gasteiger partial charge in [-0.25, -0.2) is 0 Å². The Kier molecular flexibility index (Phi) is 3.18. The van der Waals surface area contributed by atoms with E-state index in [2.05, 4.69) is 10.1 Å². The van der Waals surface area contributed by atoms with Crippen molar-refractivity contribution in [3.8, 4) is 5.75 Å². The monoisotopic (exact) mass is 271 g/mol. The van der Waals surface area contributed by atoms with Crippen LogP contribution in [0.4, 0.5) is 0 Å². The molecule has 1 aromatic carbocycles. The van der Waals surface area contributed by atoms with Gasteiger partial charge >= 0.3 is 0 Å². The van der Waals surface area contributed by atoms with E-state index in [9.17, 15) is 0 Å². The van der Waals surface area contributed by atoms with E-state index in [0.29, 0.717) is 13.0 Å². The number of aromatic nitrogens is 1. The van der Waals surface area contributed by atoms with Gasteiger partial charge in [0.05, 0.1) is 6.61 Å². The number of nitrogens with two attached hydrogens (primary N) is 1. The predicted molar refractivity (Wildman–Crippen MR) is 76.9 cm³/mol. The Balaban J connectivity index is 1.75. The molecule has 3 rings (SSSR count). The number of para-hydroxylation sites is 1. The molecule has 1 aromatic heterocycles. The summed E-state index contributed by atoms with van der Waals surface area (Å²) in [6.07, 6.45) is 4.42. The molecule has 0 unspecified atom stereocenters. The quantitative estimate of drug-likeness (QED) is 0.379. The zero-order chi connectivity index (χ0) is 14.0. The molecule has 0 saturated heterocycles. The molecule has 2 aromatic rings. The SMILES string of the molecule is NC(CC1(COc2cccc3cccnc23)CC1)=NO. The number of ether oxygens (including phenoxy) is 1. The van der Waals surface area contributed by atoms with Crippen LogP contribution in [0.25, 0.3) is 10.9 Å². The second-order valence-corrected chi connectivity index (χ2v) is 5.39. The molecule has 0 atom stereocenters. The molecule has 1 aliphatic rings. The Hall–Kier alpha value is -2.30. The predicted octanol–water partition coefficient (Wildman–Crippen LogP) is 2.53. The van der Waals surface area contributed by atoms with Crippen LogP contribution in [0.2, 0.25) is 0 Å². The van der Waals surface area contributed by atoms with Gasteiger partial charge < -0.3 is 15.7 Å². The molecule has 3 N–H and O–H groups in total. The Labute approximate surface area is 117 Å². The molecule has 0 bridgehead atoms. The summed E-state index contributed by atoms with van der Waals surface area (Å²) in [7, 11) is 0. The van der Waals surface area contributed by atoms with Crippen LogP contribution in [-0.4, -0.2) is 22.6 Å². The summed E-state index contributed by atoms with van der Waals surface area (Å²) < 4.78 is 5.94. The van der Waals surface area contributed by atoms with Crippen LogP contribution < -0.4 is 10.5 Å². The third-order valence-corrected chi connectivity index (χ3v) is 3.77. The highest BCUT2D eigenvalue weighted by Gasteiger charge is 2.44. The lowest BCUT2D eigenvalue weighted by Gasteiger charge is -2.16. The minimum absolute atomic E-state index is 0.0211. The van der Waals surface area contributed by atoms with Gasteiger partial charge in [-0.3, -0.25) is 4.98 Å². The summed E-state index contributed by atoms with van der Waals surface area (Å²) in [6.45, 7) is 0.568. The van der Waals surface area contributed by atoms with Crippen molar-refractivity contribution >= 4 is 16.7 Å². The maximum absolute atomic E-state index is 8.66. The Morgan fingerprint density at radius 1 is 1.35 bits per heavy atom. The lowest BCUT2D eigenvalue weighted by atomic mass is 10.0. The molecule has 5 heteroatoms. The molecule has 1 heterocycles. The summed E-state index contributed by atoms with van der Waals surface area (Å²) in [6, 6.07) is 9.82. The first-order valence-corrected chi connectivity index (χ1v) is 6.65. The van der Waals surface area contributed by atoms with Crippen LogP contribution in [0.3, 0.4) is 0 Å². The smallest absolute Gasteiger partial charge is 0.145 e. The average Bonchev–Trinajstić information content (AvgIpc) is 3.25.